The number of aromatic nitrogens is 3. The number of fused-ring (bicyclic) bond motifs is 5. The van der Waals surface area contributed by atoms with Crippen molar-refractivity contribution in [3.05, 3.63) is 149 Å². The van der Waals surface area contributed by atoms with Gasteiger partial charge in [-0.1, -0.05) is 99.6 Å². The Morgan fingerprint density at radius 3 is 1.57 bits per heavy atom. The Hall–Kier alpha value is -5.54. The fourth-order valence-corrected chi connectivity index (χ4v) is 7.21. The predicted molar refractivity (Wildman–Crippen MR) is 207 cm³/mol. The Balaban J connectivity index is 1.37. The standard InChI is InChI=1S/C46H41N3/c1-28-22-41-42(23-29(28)2)49-44(48-41)39-19-18-38(46(5,6)7)27-40(39)47-45(49)43-30(3)20-34(21-31(43)4)37-25-35(32-14-10-8-11-15-32)24-36(26-37)33-16-12-9-13-17-33/h8-27H,1-7H3. The van der Waals surface area contributed by atoms with Gasteiger partial charge >= 0.3 is 0 Å². The number of hydrogen-bond acceptors (Lipinski definition) is 2. The third-order valence-corrected chi connectivity index (χ3v) is 10.0. The molecular formula is C46H41N3. The van der Waals surface area contributed by atoms with E-state index < -0.39 is 0 Å². The largest absolute Gasteiger partial charge is 0.276 e. The quantitative estimate of drug-likeness (QED) is 0.193. The van der Waals surface area contributed by atoms with Gasteiger partial charge in [-0.15, -0.1) is 0 Å². The van der Waals surface area contributed by atoms with Crippen molar-refractivity contribution in [2.45, 2.75) is 53.9 Å². The molecule has 49 heavy (non-hydrogen) atoms. The molecule has 2 aromatic heterocycles. The first-order valence-electron chi connectivity index (χ1n) is 17.2. The molecule has 0 bridgehead atoms. The van der Waals surface area contributed by atoms with E-state index in [2.05, 4.69) is 174 Å². The van der Waals surface area contributed by atoms with Crippen LogP contribution < -0.4 is 0 Å². The molecule has 0 unspecified atom stereocenters. The van der Waals surface area contributed by atoms with Crippen molar-refractivity contribution in [3.8, 4) is 44.8 Å². The predicted octanol–water partition coefficient (Wildman–Crippen LogP) is 12.2. The molecule has 0 saturated heterocycles. The van der Waals surface area contributed by atoms with Gasteiger partial charge in [0.05, 0.1) is 16.6 Å². The third kappa shape index (κ3) is 5.40. The lowest BCUT2D eigenvalue weighted by Gasteiger charge is -2.20. The van der Waals surface area contributed by atoms with Crippen LogP contribution in [0.3, 0.4) is 0 Å². The maximum atomic E-state index is 5.48. The molecule has 0 fully saturated rings. The van der Waals surface area contributed by atoms with Crippen molar-refractivity contribution in [1.82, 2.24) is 14.4 Å². The summed E-state index contributed by atoms with van der Waals surface area (Å²) in [5, 5.41) is 1.07. The van der Waals surface area contributed by atoms with Crippen molar-refractivity contribution in [2.75, 3.05) is 0 Å². The zero-order valence-electron chi connectivity index (χ0n) is 29.4. The summed E-state index contributed by atoms with van der Waals surface area (Å²) in [6.45, 7) is 15.6. The first-order chi connectivity index (χ1) is 23.5. The van der Waals surface area contributed by atoms with Gasteiger partial charge in [0, 0.05) is 10.9 Å². The maximum Gasteiger partial charge on any atom is 0.149 e. The molecule has 0 aliphatic heterocycles. The van der Waals surface area contributed by atoms with Crippen LogP contribution in [0.15, 0.2) is 121 Å². The monoisotopic (exact) mass is 635 g/mol. The number of nitrogens with zero attached hydrogens (tertiary/aromatic N) is 3. The van der Waals surface area contributed by atoms with E-state index in [9.17, 15) is 0 Å². The van der Waals surface area contributed by atoms with Crippen LogP contribution >= 0.6 is 0 Å². The van der Waals surface area contributed by atoms with E-state index >= 15 is 0 Å². The van der Waals surface area contributed by atoms with Crippen LogP contribution in [0, 0.1) is 27.7 Å². The highest BCUT2D eigenvalue weighted by atomic mass is 15.1. The molecule has 0 radical (unpaired) electrons. The molecule has 240 valence electrons. The Bertz CT molecular complexity index is 2470. The van der Waals surface area contributed by atoms with Crippen molar-refractivity contribution < 1.29 is 0 Å². The summed E-state index contributed by atoms with van der Waals surface area (Å²) in [6, 6.07) is 44.1. The normalized spacial score (nSPS) is 12.0. The van der Waals surface area contributed by atoms with Crippen LogP contribution in [0.25, 0.3) is 72.4 Å². The summed E-state index contributed by atoms with van der Waals surface area (Å²) < 4.78 is 2.29. The van der Waals surface area contributed by atoms with Gasteiger partial charge in [0.1, 0.15) is 11.5 Å². The molecule has 0 N–H and O–H groups in total. The molecule has 8 aromatic rings. The van der Waals surface area contributed by atoms with Crippen molar-refractivity contribution >= 4 is 27.6 Å². The van der Waals surface area contributed by atoms with Gasteiger partial charge in [0.15, 0.2) is 0 Å². The number of imidazole rings is 1. The lowest BCUT2D eigenvalue weighted by atomic mass is 9.86. The van der Waals surface area contributed by atoms with E-state index in [1.165, 1.54) is 61.2 Å². The molecule has 0 spiro atoms. The zero-order valence-corrected chi connectivity index (χ0v) is 29.4. The summed E-state index contributed by atoms with van der Waals surface area (Å²) in [5.74, 6) is 0.934. The summed E-state index contributed by atoms with van der Waals surface area (Å²) in [6.07, 6.45) is 0. The van der Waals surface area contributed by atoms with Gasteiger partial charge < -0.3 is 0 Å². The summed E-state index contributed by atoms with van der Waals surface area (Å²) in [5.41, 5.74) is 18.5. The maximum absolute atomic E-state index is 5.48. The van der Waals surface area contributed by atoms with Crippen molar-refractivity contribution in [1.29, 1.82) is 0 Å². The molecule has 0 aliphatic rings. The van der Waals surface area contributed by atoms with E-state index in [-0.39, 0.29) is 5.41 Å². The van der Waals surface area contributed by atoms with E-state index in [0.717, 1.165) is 39.0 Å². The minimum absolute atomic E-state index is 0.0108. The van der Waals surface area contributed by atoms with E-state index in [4.69, 9.17) is 9.97 Å². The SMILES string of the molecule is Cc1cc2nc3c4ccc(C(C)(C)C)cc4nc(-c4c(C)cc(-c5cc(-c6ccccc6)cc(-c6ccccc6)c5)cc4C)n3c2cc1C. The van der Waals surface area contributed by atoms with Gasteiger partial charge in [0.2, 0.25) is 0 Å². The zero-order chi connectivity index (χ0) is 34.0. The van der Waals surface area contributed by atoms with Crippen LogP contribution in [0.1, 0.15) is 48.6 Å². The Morgan fingerprint density at radius 1 is 0.469 bits per heavy atom. The molecule has 3 heteroatoms. The minimum atomic E-state index is 0.0108. The van der Waals surface area contributed by atoms with Crippen LogP contribution in [0.2, 0.25) is 0 Å². The molecule has 8 rings (SSSR count). The Labute approximate surface area is 289 Å². The van der Waals surface area contributed by atoms with Crippen LogP contribution in [0.5, 0.6) is 0 Å². The highest BCUT2D eigenvalue weighted by Gasteiger charge is 2.22. The lowest BCUT2D eigenvalue weighted by Crippen LogP contribution is -2.11. The summed E-state index contributed by atoms with van der Waals surface area (Å²) in [4.78, 5) is 10.7. The van der Waals surface area contributed by atoms with Crippen molar-refractivity contribution in [3.63, 3.8) is 0 Å². The smallest absolute Gasteiger partial charge is 0.149 e. The highest BCUT2D eigenvalue weighted by Crippen LogP contribution is 2.39. The third-order valence-electron chi connectivity index (χ3n) is 10.0. The highest BCUT2D eigenvalue weighted by molar-refractivity contribution is 5.99. The Morgan fingerprint density at radius 2 is 1.00 bits per heavy atom. The first kappa shape index (κ1) is 30.8. The second-order valence-electron chi connectivity index (χ2n) is 14.6. The lowest BCUT2D eigenvalue weighted by molar-refractivity contribution is 0.591. The Kier molecular flexibility index (Phi) is 7.26. The van der Waals surface area contributed by atoms with Crippen LogP contribution in [-0.4, -0.2) is 14.4 Å². The molecule has 0 aliphatic carbocycles. The number of hydrogen-bond donors (Lipinski definition) is 0. The second-order valence-corrected chi connectivity index (χ2v) is 14.6. The van der Waals surface area contributed by atoms with Gasteiger partial charge in [-0.25, -0.2) is 9.97 Å². The number of aryl methyl sites for hydroxylation is 4. The molecule has 6 aromatic carbocycles. The van der Waals surface area contributed by atoms with Gasteiger partial charge in [-0.05, 0) is 137 Å². The average Bonchev–Trinajstić information content (AvgIpc) is 3.46. The molecule has 0 atom stereocenters. The number of rotatable bonds is 4. The summed E-state index contributed by atoms with van der Waals surface area (Å²) >= 11 is 0. The molecular weight excluding hydrogens is 595 g/mol. The van der Waals surface area contributed by atoms with E-state index in [0.29, 0.717) is 0 Å². The van der Waals surface area contributed by atoms with Gasteiger partial charge in [0.25, 0.3) is 0 Å². The fraction of sp³-hybridized carbons (Fsp3) is 0.174. The number of benzene rings is 6. The van der Waals surface area contributed by atoms with Crippen molar-refractivity contribution in [2.24, 2.45) is 0 Å². The fourth-order valence-electron chi connectivity index (χ4n) is 7.21. The van der Waals surface area contributed by atoms with Gasteiger partial charge in [-0.2, -0.15) is 0 Å². The molecule has 0 amide bonds. The molecule has 2 heterocycles. The molecule has 0 saturated carbocycles. The van der Waals surface area contributed by atoms with Crippen LogP contribution in [0.4, 0.5) is 0 Å². The average molecular weight is 636 g/mol. The van der Waals surface area contributed by atoms with Gasteiger partial charge in [-0.3, -0.25) is 4.40 Å². The van der Waals surface area contributed by atoms with E-state index in [1.54, 1.807) is 0 Å². The summed E-state index contributed by atoms with van der Waals surface area (Å²) in [7, 11) is 0. The second kappa shape index (κ2) is 11.6. The van der Waals surface area contributed by atoms with E-state index in [1.807, 2.05) is 0 Å². The molecule has 3 nitrogen and oxygen atoms in total. The minimum Gasteiger partial charge on any atom is -0.276 e. The topological polar surface area (TPSA) is 30.2 Å². The van der Waals surface area contributed by atoms with Crippen LogP contribution in [-0.2, 0) is 5.41 Å². The first-order valence-corrected chi connectivity index (χ1v) is 17.2.